The van der Waals surface area contributed by atoms with Gasteiger partial charge < -0.3 is 5.32 Å². The van der Waals surface area contributed by atoms with Crippen LogP contribution in [0.5, 0.6) is 0 Å². The zero-order valence-corrected chi connectivity index (χ0v) is 13.1. The molecule has 2 rings (SSSR count). The average Bonchev–Trinajstić information content (AvgIpc) is 2.34. The molecule has 1 heterocycles. The summed E-state index contributed by atoms with van der Waals surface area (Å²) in [5.74, 6) is -0.377. The van der Waals surface area contributed by atoms with Gasteiger partial charge in [0.25, 0.3) is 0 Å². The van der Waals surface area contributed by atoms with Crippen LogP contribution in [-0.4, -0.2) is 11.5 Å². The van der Waals surface area contributed by atoms with Gasteiger partial charge in [-0.3, -0.25) is 0 Å². The lowest BCUT2D eigenvalue weighted by atomic mass is 9.90. The van der Waals surface area contributed by atoms with Crippen molar-refractivity contribution >= 4 is 28.2 Å². The van der Waals surface area contributed by atoms with Gasteiger partial charge in [0, 0.05) is 33.7 Å². The van der Waals surface area contributed by atoms with Crippen LogP contribution in [0, 0.1) is 5.82 Å². The van der Waals surface area contributed by atoms with Crippen molar-refractivity contribution in [2.24, 2.45) is 0 Å². The van der Waals surface area contributed by atoms with Crippen molar-refractivity contribution in [1.82, 2.24) is 4.98 Å². The van der Waals surface area contributed by atoms with Gasteiger partial charge in [0.05, 0.1) is 0 Å². The van der Waals surface area contributed by atoms with Crippen LogP contribution < -0.4 is 5.32 Å². The number of rotatable bonds is 3. The Balaban J connectivity index is 2.71. The van der Waals surface area contributed by atoms with Crippen molar-refractivity contribution in [3.8, 4) is 0 Å². The highest BCUT2D eigenvalue weighted by Crippen LogP contribution is 2.32. The van der Waals surface area contributed by atoms with E-state index in [0.717, 1.165) is 29.7 Å². The third-order valence-electron chi connectivity index (χ3n) is 3.17. The van der Waals surface area contributed by atoms with Gasteiger partial charge in [0.1, 0.15) is 5.52 Å². The summed E-state index contributed by atoms with van der Waals surface area (Å²) in [5, 5.41) is 4.46. The Kier molecular flexibility index (Phi) is 4.19. The summed E-state index contributed by atoms with van der Waals surface area (Å²) in [7, 11) is 0. The highest BCUT2D eigenvalue weighted by molar-refractivity contribution is 6.31. The standard InChI is InChI=1S/C16H20ClFN2/c1-5-6-19-13-9-14(16(2,3)4)20-15-11(13)7-10(17)8-12(15)18/h7-9H,5-6H2,1-4H3,(H,19,20). The van der Waals surface area contributed by atoms with Crippen LogP contribution >= 0.6 is 11.6 Å². The highest BCUT2D eigenvalue weighted by Gasteiger charge is 2.19. The van der Waals surface area contributed by atoms with Crippen molar-refractivity contribution in [1.29, 1.82) is 0 Å². The predicted molar refractivity (Wildman–Crippen MR) is 84.2 cm³/mol. The van der Waals surface area contributed by atoms with Crippen LogP contribution in [-0.2, 0) is 5.41 Å². The van der Waals surface area contributed by atoms with E-state index in [9.17, 15) is 4.39 Å². The molecule has 2 aromatic rings. The van der Waals surface area contributed by atoms with Crippen molar-refractivity contribution in [2.45, 2.75) is 39.5 Å². The van der Waals surface area contributed by atoms with Crippen LogP contribution in [0.15, 0.2) is 18.2 Å². The van der Waals surface area contributed by atoms with Crippen molar-refractivity contribution < 1.29 is 4.39 Å². The minimum Gasteiger partial charge on any atom is -0.384 e. The lowest BCUT2D eigenvalue weighted by Gasteiger charge is -2.20. The number of hydrogen-bond acceptors (Lipinski definition) is 2. The maximum absolute atomic E-state index is 14.1. The van der Waals surface area contributed by atoms with E-state index in [1.807, 2.05) is 6.07 Å². The largest absolute Gasteiger partial charge is 0.384 e. The number of fused-ring (bicyclic) bond motifs is 1. The number of pyridine rings is 1. The molecule has 2 nitrogen and oxygen atoms in total. The monoisotopic (exact) mass is 294 g/mol. The van der Waals surface area contributed by atoms with Gasteiger partial charge in [0.2, 0.25) is 0 Å². The fourth-order valence-corrected chi connectivity index (χ4v) is 2.25. The molecule has 0 atom stereocenters. The summed E-state index contributed by atoms with van der Waals surface area (Å²) >= 11 is 5.96. The van der Waals surface area contributed by atoms with Crippen LogP contribution in [0.3, 0.4) is 0 Å². The molecule has 0 amide bonds. The van der Waals surface area contributed by atoms with Gasteiger partial charge in [-0.25, -0.2) is 9.37 Å². The number of anilines is 1. The van der Waals surface area contributed by atoms with Crippen LogP contribution in [0.1, 0.15) is 39.8 Å². The van der Waals surface area contributed by atoms with E-state index in [4.69, 9.17) is 11.6 Å². The molecule has 0 saturated heterocycles. The number of hydrogen-bond donors (Lipinski definition) is 1. The number of benzene rings is 1. The second kappa shape index (κ2) is 5.57. The molecule has 1 aromatic heterocycles. The molecule has 108 valence electrons. The first-order valence-corrected chi connectivity index (χ1v) is 7.25. The van der Waals surface area contributed by atoms with Gasteiger partial charge in [-0.2, -0.15) is 0 Å². The molecular weight excluding hydrogens is 275 g/mol. The Morgan fingerprint density at radius 3 is 2.55 bits per heavy atom. The Bertz CT molecular complexity index is 632. The SMILES string of the molecule is CCCNc1cc(C(C)(C)C)nc2c(F)cc(Cl)cc12. The highest BCUT2D eigenvalue weighted by atomic mass is 35.5. The summed E-state index contributed by atoms with van der Waals surface area (Å²) in [6, 6.07) is 5.07. The van der Waals surface area contributed by atoms with Crippen LogP contribution in [0.2, 0.25) is 5.02 Å². The molecule has 0 aliphatic rings. The minimum atomic E-state index is -0.377. The predicted octanol–water partition coefficient (Wildman–Crippen LogP) is 5.15. The second-order valence-corrected chi connectivity index (χ2v) is 6.45. The summed E-state index contributed by atoms with van der Waals surface area (Å²) in [6.45, 7) is 9.13. The van der Waals surface area contributed by atoms with Gasteiger partial charge in [-0.1, -0.05) is 39.3 Å². The van der Waals surface area contributed by atoms with E-state index in [1.165, 1.54) is 6.07 Å². The van der Waals surface area contributed by atoms with E-state index in [1.54, 1.807) is 6.07 Å². The lowest BCUT2D eigenvalue weighted by molar-refractivity contribution is 0.569. The number of halogens is 2. The molecule has 4 heteroatoms. The van der Waals surface area contributed by atoms with Crippen molar-refractivity contribution in [3.05, 3.63) is 34.7 Å². The Morgan fingerprint density at radius 1 is 1.25 bits per heavy atom. The lowest BCUT2D eigenvalue weighted by Crippen LogP contribution is -2.15. The summed E-state index contributed by atoms with van der Waals surface area (Å²) < 4.78 is 14.1. The fraction of sp³-hybridized carbons (Fsp3) is 0.438. The van der Waals surface area contributed by atoms with Crippen LogP contribution in [0.25, 0.3) is 10.9 Å². The van der Waals surface area contributed by atoms with Crippen LogP contribution in [0.4, 0.5) is 10.1 Å². The maximum Gasteiger partial charge on any atom is 0.150 e. The summed E-state index contributed by atoms with van der Waals surface area (Å²) in [5.41, 5.74) is 2.00. The zero-order valence-electron chi connectivity index (χ0n) is 12.3. The maximum atomic E-state index is 14.1. The normalized spacial score (nSPS) is 11.9. The first kappa shape index (κ1) is 15.0. The van der Waals surface area contributed by atoms with Crippen molar-refractivity contribution in [2.75, 3.05) is 11.9 Å². The van der Waals surface area contributed by atoms with E-state index < -0.39 is 0 Å². The molecule has 1 N–H and O–H groups in total. The average molecular weight is 295 g/mol. The molecular formula is C16H20ClFN2. The minimum absolute atomic E-state index is 0.136. The first-order chi connectivity index (χ1) is 9.32. The first-order valence-electron chi connectivity index (χ1n) is 6.87. The smallest absolute Gasteiger partial charge is 0.150 e. The molecule has 0 spiro atoms. The summed E-state index contributed by atoms with van der Waals surface area (Å²) in [6.07, 6.45) is 0.998. The second-order valence-electron chi connectivity index (χ2n) is 6.02. The van der Waals surface area contributed by atoms with Gasteiger partial charge in [-0.05, 0) is 24.6 Å². The molecule has 1 aromatic carbocycles. The van der Waals surface area contributed by atoms with E-state index in [2.05, 4.69) is 38.0 Å². The number of aromatic nitrogens is 1. The number of nitrogens with zero attached hydrogens (tertiary/aromatic N) is 1. The Labute approximate surface area is 124 Å². The third kappa shape index (κ3) is 3.04. The van der Waals surface area contributed by atoms with Gasteiger partial charge >= 0.3 is 0 Å². The third-order valence-corrected chi connectivity index (χ3v) is 3.38. The summed E-state index contributed by atoms with van der Waals surface area (Å²) in [4.78, 5) is 4.48. The quantitative estimate of drug-likeness (QED) is 0.847. The Morgan fingerprint density at radius 2 is 1.95 bits per heavy atom. The van der Waals surface area contributed by atoms with E-state index >= 15 is 0 Å². The molecule has 0 aliphatic heterocycles. The van der Waals surface area contributed by atoms with E-state index in [0.29, 0.717) is 10.5 Å². The topological polar surface area (TPSA) is 24.9 Å². The molecule has 0 bridgehead atoms. The van der Waals surface area contributed by atoms with Gasteiger partial charge in [0.15, 0.2) is 5.82 Å². The van der Waals surface area contributed by atoms with Gasteiger partial charge in [-0.15, -0.1) is 0 Å². The molecule has 0 aliphatic carbocycles. The molecule has 0 fully saturated rings. The van der Waals surface area contributed by atoms with Crippen molar-refractivity contribution in [3.63, 3.8) is 0 Å². The molecule has 0 unspecified atom stereocenters. The Hall–Kier alpha value is -1.35. The van der Waals surface area contributed by atoms with E-state index in [-0.39, 0.29) is 11.2 Å². The zero-order chi connectivity index (χ0) is 14.9. The molecule has 0 radical (unpaired) electrons. The number of nitrogens with one attached hydrogen (secondary N) is 1. The molecule has 20 heavy (non-hydrogen) atoms. The molecule has 0 saturated carbocycles. The fourth-order valence-electron chi connectivity index (χ4n) is 2.04.